The van der Waals surface area contributed by atoms with Crippen LogP contribution in [0, 0.1) is 11.8 Å². The average molecular weight is 603 g/mol. The molecule has 3 aliphatic heterocycles. The highest BCUT2D eigenvalue weighted by molar-refractivity contribution is 14.1. The third kappa shape index (κ3) is 8.45. The summed E-state index contributed by atoms with van der Waals surface area (Å²) < 4.78 is 13.7. The molecule has 0 radical (unpaired) electrons. The number of hydrogen-bond donors (Lipinski definition) is 1. The molecule has 1 N–H and O–H groups in total. The monoisotopic (exact) mass is 602 g/mol. The van der Waals surface area contributed by atoms with Crippen LogP contribution in [-0.2, 0) is 14.3 Å². The highest BCUT2D eigenvalue weighted by atomic mass is 127. The van der Waals surface area contributed by atoms with Gasteiger partial charge in [0.25, 0.3) is 0 Å². The molecular weight excluding hydrogens is 559 g/mol. The number of nitrogens with zero attached hydrogens (tertiary/aromatic N) is 2. The van der Waals surface area contributed by atoms with Crippen molar-refractivity contribution < 1.29 is 24.2 Å². The van der Waals surface area contributed by atoms with Gasteiger partial charge in [0.15, 0.2) is 0 Å². The van der Waals surface area contributed by atoms with Crippen molar-refractivity contribution in [3.8, 4) is 0 Å². The molecule has 7 nitrogen and oxygen atoms in total. The Hall–Kier alpha value is -1.13. The Morgan fingerprint density at radius 1 is 1.09 bits per heavy atom. The predicted octanol–water partition coefficient (Wildman–Crippen LogP) is 5.07. The van der Waals surface area contributed by atoms with Crippen LogP contribution in [0.2, 0.25) is 0 Å². The van der Waals surface area contributed by atoms with Crippen LogP contribution in [0.15, 0.2) is 21.8 Å². The Bertz CT molecular complexity index is 759. The van der Waals surface area contributed by atoms with Crippen molar-refractivity contribution >= 4 is 34.7 Å². The van der Waals surface area contributed by atoms with Gasteiger partial charge in [0, 0.05) is 25.0 Å². The number of carbonyl (C=O) groups is 2. The van der Waals surface area contributed by atoms with E-state index in [2.05, 4.69) is 27.5 Å². The number of amides is 1. The van der Waals surface area contributed by atoms with Crippen molar-refractivity contribution in [1.29, 1.82) is 0 Å². The van der Waals surface area contributed by atoms with Crippen molar-refractivity contribution in [1.82, 2.24) is 9.80 Å². The third-order valence-electron chi connectivity index (χ3n) is 7.75. The molecule has 0 aromatic carbocycles. The van der Waals surface area contributed by atoms with E-state index in [0.29, 0.717) is 18.9 Å². The standard InChI is InChI=1S/C27H43IN2O5/c1-19-7-9-23(31)17-25(32)35-26(21(3)18-28)20(2)8-10-24(19)34-27(33)30-15-11-22(12-16-30)29-13-5-4-6-14-29/h8,10,18-20,22-24,26,31H,4-7,9,11-17H2,1-3H3/b10-8+,21-18+/t19-,20-,23+,24-,26-/m0/s1. The Kier molecular flexibility index (Phi) is 11.4. The van der Waals surface area contributed by atoms with E-state index in [-0.39, 0.29) is 30.3 Å². The number of cyclic esters (lactones) is 1. The summed E-state index contributed by atoms with van der Waals surface area (Å²) in [6, 6.07) is 0.579. The van der Waals surface area contributed by atoms with Gasteiger partial charge in [0.05, 0.1) is 12.5 Å². The zero-order chi connectivity index (χ0) is 25.4. The van der Waals surface area contributed by atoms with Crippen LogP contribution in [0.25, 0.3) is 0 Å². The third-order valence-corrected chi connectivity index (χ3v) is 8.73. The number of piperidine rings is 2. The zero-order valence-electron chi connectivity index (χ0n) is 21.5. The van der Waals surface area contributed by atoms with Gasteiger partial charge in [0.2, 0.25) is 0 Å². The lowest BCUT2D eigenvalue weighted by Crippen LogP contribution is -2.48. The molecule has 0 saturated carbocycles. The first-order chi connectivity index (χ1) is 16.8. The molecule has 5 atom stereocenters. The van der Waals surface area contributed by atoms with E-state index < -0.39 is 18.3 Å². The van der Waals surface area contributed by atoms with Gasteiger partial charge in [-0.25, -0.2) is 4.79 Å². The summed E-state index contributed by atoms with van der Waals surface area (Å²) in [5.74, 6) is -0.446. The van der Waals surface area contributed by atoms with Crippen LogP contribution < -0.4 is 0 Å². The molecule has 8 heteroatoms. The van der Waals surface area contributed by atoms with Crippen molar-refractivity contribution in [2.45, 2.75) is 96.5 Å². The minimum absolute atomic E-state index is 0.0232. The lowest BCUT2D eigenvalue weighted by atomic mass is 9.92. The van der Waals surface area contributed by atoms with Crippen molar-refractivity contribution in [3.63, 3.8) is 0 Å². The molecule has 3 rings (SSSR count). The van der Waals surface area contributed by atoms with Crippen LogP contribution in [-0.4, -0.2) is 77.5 Å². The fraction of sp³-hybridized carbons (Fsp3) is 0.778. The summed E-state index contributed by atoms with van der Waals surface area (Å²) in [5.41, 5.74) is 0.945. The summed E-state index contributed by atoms with van der Waals surface area (Å²) in [7, 11) is 0. The molecule has 0 aliphatic carbocycles. The Labute approximate surface area is 224 Å². The van der Waals surface area contributed by atoms with E-state index in [4.69, 9.17) is 9.47 Å². The molecule has 0 aromatic heterocycles. The lowest BCUT2D eigenvalue weighted by molar-refractivity contribution is -0.151. The second-order valence-electron chi connectivity index (χ2n) is 10.6. The van der Waals surface area contributed by atoms with Crippen molar-refractivity contribution in [2.24, 2.45) is 11.8 Å². The summed E-state index contributed by atoms with van der Waals surface area (Å²) >= 11 is 2.15. The molecule has 2 saturated heterocycles. The molecule has 3 aliphatic rings. The summed E-state index contributed by atoms with van der Waals surface area (Å²) in [4.78, 5) is 29.9. The molecule has 198 valence electrons. The first-order valence-corrected chi connectivity index (χ1v) is 14.6. The molecule has 0 spiro atoms. The zero-order valence-corrected chi connectivity index (χ0v) is 23.7. The largest absolute Gasteiger partial charge is 0.457 e. The Morgan fingerprint density at radius 3 is 2.43 bits per heavy atom. The van der Waals surface area contributed by atoms with E-state index in [1.165, 1.54) is 32.4 Å². The Balaban J connectivity index is 1.65. The fourth-order valence-electron chi connectivity index (χ4n) is 5.40. The van der Waals surface area contributed by atoms with Crippen LogP contribution in [0.5, 0.6) is 0 Å². The van der Waals surface area contributed by atoms with Crippen LogP contribution in [0.4, 0.5) is 4.79 Å². The average Bonchev–Trinajstić information content (AvgIpc) is 2.87. The van der Waals surface area contributed by atoms with Crippen LogP contribution in [0.1, 0.15) is 72.1 Å². The SMILES string of the molecule is C/C(=C\I)[C@H]1OC(=O)C[C@H](O)CC[C@H](C)[C@@H](OC(=O)N2CCC(N3CCCCC3)CC2)/C=C/[C@@H]1C. The van der Waals surface area contributed by atoms with E-state index in [9.17, 15) is 14.7 Å². The topological polar surface area (TPSA) is 79.3 Å². The predicted molar refractivity (Wildman–Crippen MR) is 145 cm³/mol. The number of likely N-dealkylation sites (tertiary alicyclic amines) is 2. The van der Waals surface area contributed by atoms with Gasteiger partial charge in [-0.2, -0.15) is 0 Å². The molecule has 0 bridgehead atoms. The number of halogens is 1. The fourth-order valence-corrected chi connectivity index (χ4v) is 5.75. The molecule has 0 unspecified atom stereocenters. The first kappa shape index (κ1) is 28.4. The van der Waals surface area contributed by atoms with Gasteiger partial charge in [-0.05, 0) is 80.2 Å². The molecule has 2 fully saturated rings. The van der Waals surface area contributed by atoms with Crippen LogP contribution >= 0.6 is 22.6 Å². The molecule has 0 aromatic rings. The van der Waals surface area contributed by atoms with Gasteiger partial charge in [-0.1, -0.05) is 48.9 Å². The van der Waals surface area contributed by atoms with Crippen LogP contribution in [0.3, 0.4) is 0 Å². The van der Waals surface area contributed by atoms with Crippen molar-refractivity contribution in [3.05, 3.63) is 21.8 Å². The second kappa shape index (κ2) is 14.0. The summed E-state index contributed by atoms with van der Waals surface area (Å²) in [6.45, 7) is 9.81. The second-order valence-corrected chi connectivity index (χ2v) is 11.2. The molecule has 35 heavy (non-hydrogen) atoms. The van der Waals surface area contributed by atoms with E-state index >= 15 is 0 Å². The number of aliphatic hydroxyl groups excluding tert-OH is 1. The maximum Gasteiger partial charge on any atom is 0.410 e. The summed E-state index contributed by atoms with van der Waals surface area (Å²) in [5, 5.41) is 10.4. The smallest absolute Gasteiger partial charge is 0.410 e. The first-order valence-electron chi connectivity index (χ1n) is 13.3. The highest BCUT2D eigenvalue weighted by Crippen LogP contribution is 2.26. The lowest BCUT2D eigenvalue weighted by Gasteiger charge is -2.40. The molecular formula is C27H43IN2O5. The van der Waals surface area contributed by atoms with Gasteiger partial charge >= 0.3 is 12.1 Å². The van der Waals surface area contributed by atoms with Gasteiger partial charge < -0.3 is 24.4 Å². The summed E-state index contributed by atoms with van der Waals surface area (Å²) in [6.07, 6.45) is 9.12. The van der Waals surface area contributed by atoms with Gasteiger partial charge in [0.1, 0.15) is 12.2 Å². The quantitative estimate of drug-likeness (QED) is 0.276. The highest BCUT2D eigenvalue weighted by Gasteiger charge is 2.31. The number of carbonyl (C=O) groups excluding carboxylic acids is 2. The maximum atomic E-state index is 13.1. The normalized spacial score (nSPS) is 33.9. The van der Waals surface area contributed by atoms with E-state index in [1.807, 2.05) is 41.9 Å². The number of esters is 1. The van der Waals surface area contributed by atoms with Crippen molar-refractivity contribution in [2.75, 3.05) is 26.2 Å². The minimum atomic E-state index is -0.765. The van der Waals surface area contributed by atoms with Gasteiger partial charge in [-0.3, -0.25) is 4.79 Å². The molecule has 1 amide bonds. The van der Waals surface area contributed by atoms with E-state index in [0.717, 1.165) is 31.5 Å². The minimum Gasteiger partial charge on any atom is -0.457 e. The molecule has 3 heterocycles. The van der Waals surface area contributed by atoms with Gasteiger partial charge in [-0.15, -0.1) is 0 Å². The number of aliphatic hydroxyl groups is 1. The number of hydrogen-bond acceptors (Lipinski definition) is 6. The Morgan fingerprint density at radius 2 is 1.77 bits per heavy atom. The number of ether oxygens (including phenoxy) is 2. The number of rotatable bonds is 3. The van der Waals surface area contributed by atoms with E-state index in [1.54, 1.807) is 0 Å². The maximum absolute atomic E-state index is 13.1.